The van der Waals surface area contributed by atoms with Gasteiger partial charge in [-0.3, -0.25) is 39.2 Å². The van der Waals surface area contributed by atoms with Crippen molar-refractivity contribution >= 4 is 57.6 Å². The molecule has 2 atom stereocenters. The molecular formula is C29H23ClF3N5O5. The normalized spacial score (nSPS) is 17.1. The highest BCUT2D eigenvalue weighted by molar-refractivity contribution is 6.31. The third-order valence-corrected chi connectivity index (χ3v) is 7.43. The van der Waals surface area contributed by atoms with E-state index in [9.17, 15) is 37.1 Å². The molecule has 222 valence electrons. The number of carbonyl (C=O) groups is 5. The second kappa shape index (κ2) is 11.8. The van der Waals surface area contributed by atoms with E-state index in [-0.39, 0.29) is 36.3 Å². The van der Waals surface area contributed by atoms with Crippen LogP contribution in [0.25, 0.3) is 10.8 Å². The Hall–Kier alpha value is -4.78. The number of hydrogen-bond donors (Lipinski definition) is 2. The van der Waals surface area contributed by atoms with Crippen molar-refractivity contribution in [2.75, 3.05) is 11.4 Å². The number of nitrogens with zero attached hydrogens (tertiary/aromatic N) is 3. The molecule has 2 aliphatic heterocycles. The topological polar surface area (TPSA) is 129 Å². The van der Waals surface area contributed by atoms with Gasteiger partial charge in [-0.1, -0.05) is 30.3 Å². The second-order valence-corrected chi connectivity index (χ2v) is 10.4. The van der Waals surface area contributed by atoms with Crippen molar-refractivity contribution in [1.82, 2.24) is 20.5 Å². The molecule has 1 aromatic heterocycles. The van der Waals surface area contributed by atoms with Gasteiger partial charge in [0, 0.05) is 40.8 Å². The van der Waals surface area contributed by atoms with Gasteiger partial charge in [0.05, 0.1) is 12.2 Å². The predicted molar refractivity (Wildman–Crippen MR) is 149 cm³/mol. The van der Waals surface area contributed by atoms with Crippen LogP contribution in [-0.2, 0) is 25.7 Å². The first-order valence-electron chi connectivity index (χ1n) is 13.0. The first-order chi connectivity index (χ1) is 20.5. The van der Waals surface area contributed by atoms with Gasteiger partial charge in [0.2, 0.25) is 17.7 Å². The summed E-state index contributed by atoms with van der Waals surface area (Å²) in [6.07, 6.45) is -1.45. The number of imide groups is 1. The smallest absolute Gasteiger partial charge is 0.287 e. The first kappa shape index (κ1) is 29.7. The van der Waals surface area contributed by atoms with E-state index in [2.05, 4.69) is 22.2 Å². The zero-order valence-electron chi connectivity index (χ0n) is 22.3. The van der Waals surface area contributed by atoms with Crippen molar-refractivity contribution in [1.29, 1.82) is 0 Å². The van der Waals surface area contributed by atoms with Gasteiger partial charge in [0.25, 0.3) is 18.2 Å². The number of amides is 5. The lowest BCUT2D eigenvalue weighted by molar-refractivity contribution is -0.137. The van der Waals surface area contributed by atoms with Gasteiger partial charge >= 0.3 is 0 Å². The molecule has 2 N–H and O–H groups in total. The Balaban J connectivity index is 1.61. The van der Waals surface area contributed by atoms with Crippen LogP contribution in [0.2, 0.25) is 5.02 Å². The van der Waals surface area contributed by atoms with Gasteiger partial charge in [-0.05, 0) is 47.7 Å². The van der Waals surface area contributed by atoms with Crippen LogP contribution < -0.4 is 15.5 Å². The van der Waals surface area contributed by atoms with Gasteiger partial charge in [0.15, 0.2) is 11.9 Å². The van der Waals surface area contributed by atoms with E-state index >= 15 is 0 Å². The number of fused-ring (bicyclic) bond motifs is 2. The number of halogens is 4. The molecule has 3 heterocycles. The Morgan fingerprint density at radius 3 is 2.63 bits per heavy atom. The van der Waals surface area contributed by atoms with Crippen LogP contribution in [0.5, 0.6) is 0 Å². The van der Waals surface area contributed by atoms with Gasteiger partial charge in [-0.25, -0.2) is 13.2 Å². The molecule has 5 rings (SSSR count). The summed E-state index contributed by atoms with van der Waals surface area (Å²) in [5, 5.41) is 5.46. The maximum atomic E-state index is 14.6. The quantitative estimate of drug-likeness (QED) is 0.295. The number of carbonyl (C=O) groups excluding carboxylic acids is 5. The molecule has 0 bridgehead atoms. The third-order valence-electron chi connectivity index (χ3n) is 7.19. The van der Waals surface area contributed by atoms with Gasteiger partial charge in [0.1, 0.15) is 6.04 Å². The Kier molecular flexibility index (Phi) is 8.18. The third kappa shape index (κ3) is 5.80. The van der Waals surface area contributed by atoms with Crippen LogP contribution in [-0.4, -0.2) is 58.4 Å². The van der Waals surface area contributed by atoms with E-state index in [4.69, 9.17) is 11.6 Å². The van der Waals surface area contributed by atoms with Crippen LogP contribution in [0, 0.1) is 0 Å². The van der Waals surface area contributed by atoms with Gasteiger partial charge in [-0.2, -0.15) is 0 Å². The molecule has 0 radical (unpaired) electrons. The van der Waals surface area contributed by atoms with Crippen LogP contribution >= 0.6 is 11.6 Å². The number of piperidine rings is 1. The number of hydrogen-bond acceptors (Lipinski definition) is 6. The maximum absolute atomic E-state index is 14.6. The number of nitrogens with one attached hydrogen (secondary N) is 2. The van der Waals surface area contributed by atoms with Crippen LogP contribution in [0.3, 0.4) is 0 Å². The zero-order valence-corrected chi connectivity index (χ0v) is 23.0. The van der Waals surface area contributed by atoms with Crippen LogP contribution in [0.4, 0.5) is 18.9 Å². The highest BCUT2D eigenvalue weighted by Gasteiger charge is 2.41. The Morgan fingerprint density at radius 2 is 1.93 bits per heavy atom. The van der Waals surface area contributed by atoms with Crippen LogP contribution in [0.15, 0.2) is 61.1 Å². The molecule has 2 aliphatic rings. The molecule has 14 heteroatoms. The fourth-order valence-electron chi connectivity index (χ4n) is 5.23. The van der Waals surface area contributed by atoms with E-state index in [1.165, 1.54) is 41.4 Å². The Morgan fingerprint density at radius 1 is 1.16 bits per heavy atom. The van der Waals surface area contributed by atoms with E-state index in [1.807, 2.05) is 0 Å². The minimum Gasteiger partial charge on any atom is -0.348 e. The number of pyridine rings is 1. The molecular weight excluding hydrogens is 591 g/mol. The summed E-state index contributed by atoms with van der Waals surface area (Å²) in [7, 11) is 0. The number of benzene rings is 2. The fourth-order valence-corrected chi connectivity index (χ4v) is 5.42. The minimum absolute atomic E-state index is 0.0223. The summed E-state index contributed by atoms with van der Waals surface area (Å²) >= 11 is 6.11. The highest BCUT2D eigenvalue weighted by Crippen LogP contribution is 2.36. The van der Waals surface area contributed by atoms with E-state index < -0.39 is 60.4 Å². The number of alkyl halides is 2. The molecule has 0 aliphatic carbocycles. The average Bonchev–Trinajstić information content (AvgIpc) is 3.29. The van der Waals surface area contributed by atoms with Crippen molar-refractivity contribution < 1.29 is 37.1 Å². The number of anilines is 1. The predicted octanol–water partition coefficient (Wildman–Crippen LogP) is 3.59. The summed E-state index contributed by atoms with van der Waals surface area (Å²) < 4.78 is 40.8. The molecule has 0 saturated carbocycles. The molecule has 1 saturated heterocycles. The number of aromatic nitrogens is 1. The van der Waals surface area contributed by atoms with E-state index in [1.54, 1.807) is 12.1 Å². The number of rotatable bonds is 8. The molecule has 43 heavy (non-hydrogen) atoms. The Bertz CT molecular complexity index is 1700. The van der Waals surface area contributed by atoms with Crippen molar-refractivity contribution in [3.63, 3.8) is 0 Å². The monoisotopic (exact) mass is 613 g/mol. The maximum Gasteiger partial charge on any atom is 0.287 e. The largest absolute Gasteiger partial charge is 0.348 e. The van der Waals surface area contributed by atoms with Gasteiger partial charge in [-0.15, -0.1) is 0 Å². The molecule has 10 nitrogen and oxygen atoms in total. The second-order valence-electron chi connectivity index (χ2n) is 9.92. The molecule has 0 spiro atoms. The lowest BCUT2D eigenvalue weighted by atomic mass is 10.0. The SMILES string of the molecule is C=C(F)C(=O)N(c1ccc2c(c1)C(=O)N(C1CCC(=O)NC1=O)C2)C(C(=O)NCC(F)F)c1nccc2cc(Cl)ccc12. The molecule has 3 aromatic rings. The minimum atomic E-state index is -2.93. The van der Waals surface area contributed by atoms with Crippen LogP contribution in [0.1, 0.15) is 40.5 Å². The van der Waals surface area contributed by atoms with Crippen molar-refractivity contribution in [2.24, 2.45) is 0 Å². The standard InChI is InChI=1S/C29H23ClF3N5O5/c1-14(31)28(42)38(18-4-2-16-13-37(29(43)20(16)11-18)21-6-7-23(39)36-26(21)40)25(27(41)35-12-22(32)33)24-19-5-3-17(30)10-15(19)8-9-34-24/h2-5,8-11,21-22,25H,1,6-7,12-13H2,(H,35,41)(H,36,39,40). The lowest BCUT2D eigenvalue weighted by Gasteiger charge is -2.31. The first-order valence-corrected chi connectivity index (χ1v) is 13.4. The molecule has 1 fully saturated rings. The van der Waals surface area contributed by atoms with Crippen molar-refractivity contribution in [2.45, 2.75) is 37.9 Å². The summed E-state index contributed by atoms with van der Waals surface area (Å²) in [5.41, 5.74) is 0.328. The summed E-state index contributed by atoms with van der Waals surface area (Å²) in [6, 6.07) is 7.54. The average molecular weight is 614 g/mol. The summed E-state index contributed by atoms with van der Waals surface area (Å²) in [5.74, 6) is -5.60. The van der Waals surface area contributed by atoms with E-state index in [0.29, 0.717) is 26.3 Å². The summed E-state index contributed by atoms with van der Waals surface area (Å²) in [4.78, 5) is 70.6. The Labute approximate surface area is 247 Å². The molecule has 5 amide bonds. The highest BCUT2D eigenvalue weighted by atomic mass is 35.5. The van der Waals surface area contributed by atoms with Crippen molar-refractivity contribution in [3.05, 3.63) is 82.9 Å². The van der Waals surface area contributed by atoms with Gasteiger partial charge < -0.3 is 10.2 Å². The summed E-state index contributed by atoms with van der Waals surface area (Å²) in [6.45, 7) is 2.03. The zero-order chi connectivity index (χ0) is 31.0. The van der Waals surface area contributed by atoms with Crippen molar-refractivity contribution in [3.8, 4) is 0 Å². The lowest BCUT2D eigenvalue weighted by Crippen LogP contribution is -2.52. The molecule has 2 aromatic carbocycles. The van der Waals surface area contributed by atoms with E-state index in [0.717, 1.165) is 0 Å². The fraction of sp³-hybridized carbons (Fsp3) is 0.241. The molecule has 2 unspecified atom stereocenters.